The number of carbonyl (C=O) groups is 1. The van der Waals surface area contributed by atoms with Crippen LogP contribution in [0.25, 0.3) is 27.8 Å². The molecule has 5 rings (SSSR count). The molecular formula is C28H24N4OS. The van der Waals surface area contributed by atoms with Crippen molar-refractivity contribution in [1.29, 1.82) is 0 Å². The zero-order valence-corrected chi connectivity index (χ0v) is 19.8. The number of para-hydroxylation sites is 1. The minimum atomic E-state index is -0.378. The molecule has 0 bridgehead atoms. The number of nitrogens with one attached hydrogen (secondary N) is 1. The number of hydrogen-bond acceptors (Lipinski definition) is 4. The van der Waals surface area contributed by atoms with Crippen LogP contribution < -0.4 is 5.32 Å². The monoisotopic (exact) mass is 464 g/mol. The number of aryl methyl sites for hydroxylation is 1. The fourth-order valence-electron chi connectivity index (χ4n) is 3.83. The van der Waals surface area contributed by atoms with Gasteiger partial charge < -0.3 is 5.32 Å². The molecule has 1 heterocycles. The molecule has 0 saturated carbocycles. The van der Waals surface area contributed by atoms with E-state index in [0.29, 0.717) is 5.16 Å². The lowest BCUT2D eigenvalue weighted by molar-refractivity contribution is -0.115. The van der Waals surface area contributed by atoms with Gasteiger partial charge in [0, 0.05) is 22.3 Å². The van der Waals surface area contributed by atoms with Crippen LogP contribution in [-0.4, -0.2) is 25.9 Å². The van der Waals surface area contributed by atoms with Gasteiger partial charge in [0.1, 0.15) is 0 Å². The predicted octanol–water partition coefficient (Wildman–Crippen LogP) is 6.52. The Morgan fingerprint density at radius 3 is 2.35 bits per heavy atom. The zero-order chi connectivity index (χ0) is 23.5. The molecule has 6 heteroatoms. The molecule has 0 aliphatic heterocycles. The molecule has 5 nitrogen and oxygen atoms in total. The highest BCUT2D eigenvalue weighted by molar-refractivity contribution is 8.00. The van der Waals surface area contributed by atoms with Gasteiger partial charge in [0.2, 0.25) is 5.91 Å². The maximum Gasteiger partial charge on any atom is 0.237 e. The van der Waals surface area contributed by atoms with Gasteiger partial charge in [-0.25, -0.2) is 0 Å². The SMILES string of the molecule is Cc1ccc(-c2nnc(SC(C)C(=O)Nc3cccc4ccccc34)n2-c2ccccc2)cc1. The summed E-state index contributed by atoms with van der Waals surface area (Å²) in [6, 6.07) is 32.2. The number of benzene rings is 4. The van der Waals surface area contributed by atoms with Crippen LogP contribution in [0.1, 0.15) is 12.5 Å². The summed E-state index contributed by atoms with van der Waals surface area (Å²) < 4.78 is 2.01. The first kappa shape index (κ1) is 21.9. The van der Waals surface area contributed by atoms with Crippen molar-refractivity contribution in [2.75, 3.05) is 5.32 Å². The molecule has 5 aromatic rings. The molecule has 1 unspecified atom stereocenters. The van der Waals surface area contributed by atoms with E-state index in [1.54, 1.807) is 0 Å². The van der Waals surface area contributed by atoms with Gasteiger partial charge in [0.05, 0.1) is 5.25 Å². The topological polar surface area (TPSA) is 59.8 Å². The Morgan fingerprint density at radius 1 is 0.853 bits per heavy atom. The number of carbonyl (C=O) groups excluding carboxylic acids is 1. The molecule has 0 aliphatic carbocycles. The Balaban J connectivity index is 1.44. The maximum absolute atomic E-state index is 13.1. The predicted molar refractivity (Wildman–Crippen MR) is 139 cm³/mol. The van der Waals surface area contributed by atoms with Crippen molar-refractivity contribution in [3.63, 3.8) is 0 Å². The molecule has 1 amide bonds. The van der Waals surface area contributed by atoms with Crippen molar-refractivity contribution in [2.45, 2.75) is 24.3 Å². The fraction of sp³-hybridized carbons (Fsp3) is 0.107. The fourth-order valence-corrected chi connectivity index (χ4v) is 4.69. The van der Waals surface area contributed by atoms with E-state index in [-0.39, 0.29) is 11.2 Å². The number of anilines is 1. The molecule has 0 radical (unpaired) electrons. The summed E-state index contributed by atoms with van der Waals surface area (Å²) in [7, 11) is 0. The minimum Gasteiger partial charge on any atom is -0.325 e. The molecule has 4 aromatic carbocycles. The van der Waals surface area contributed by atoms with Crippen LogP contribution in [0.4, 0.5) is 5.69 Å². The molecule has 0 spiro atoms. The van der Waals surface area contributed by atoms with Crippen LogP contribution in [-0.2, 0) is 4.79 Å². The van der Waals surface area contributed by atoms with Crippen LogP contribution in [0.15, 0.2) is 102 Å². The number of rotatable bonds is 6. The van der Waals surface area contributed by atoms with Gasteiger partial charge in [0.25, 0.3) is 0 Å². The van der Waals surface area contributed by atoms with Gasteiger partial charge in [-0.3, -0.25) is 9.36 Å². The number of aromatic nitrogens is 3. The molecule has 168 valence electrons. The number of nitrogens with zero attached hydrogens (tertiary/aromatic N) is 3. The summed E-state index contributed by atoms with van der Waals surface area (Å²) in [5.74, 6) is 0.663. The van der Waals surface area contributed by atoms with E-state index in [1.807, 2.05) is 96.4 Å². The highest BCUT2D eigenvalue weighted by Gasteiger charge is 2.22. The average Bonchev–Trinajstić information content (AvgIpc) is 3.28. The van der Waals surface area contributed by atoms with E-state index in [9.17, 15) is 4.79 Å². The van der Waals surface area contributed by atoms with E-state index in [4.69, 9.17) is 0 Å². The first-order valence-corrected chi connectivity index (χ1v) is 12.0. The van der Waals surface area contributed by atoms with Crippen LogP contribution in [0, 0.1) is 6.92 Å². The second kappa shape index (κ2) is 9.53. The Bertz CT molecular complexity index is 1440. The molecule has 1 atom stereocenters. The lowest BCUT2D eigenvalue weighted by Gasteiger charge is -2.15. The molecule has 34 heavy (non-hydrogen) atoms. The molecule has 0 fully saturated rings. The maximum atomic E-state index is 13.1. The number of hydrogen-bond donors (Lipinski definition) is 1. The summed E-state index contributed by atoms with van der Waals surface area (Å²) in [6.45, 7) is 3.95. The molecule has 0 saturated heterocycles. The minimum absolute atomic E-state index is 0.0825. The van der Waals surface area contributed by atoms with Crippen molar-refractivity contribution in [3.8, 4) is 17.1 Å². The molecule has 1 N–H and O–H groups in total. The Labute approximate surface area is 202 Å². The van der Waals surface area contributed by atoms with E-state index >= 15 is 0 Å². The van der Waals surface area contributed by atoms with Crippen molar-refractivity contribution < 1.29 is 4.79 Å². The zero-order valence-electron chi connectivity index (χ0n) is 19.0. The lowest BCUT2D eigenvalue weighted by atomic mass is 10.1. The van der Waals surface area contributed by atoms with Crippen LogP contribution in [0.2, 0.25) is 0 Å². The normalized spacial score (nSPS) is 11.9. The second-order valence-corrected chi connectivity index (χ2v) is 9.43. The van der Waals surface area contributed by atoms with Crippen molar-refractivity contribution in [2.24, 2.45) is 0 Å². The highest BCUT2D eigenvalue weighted by atomic mass is 32.2. The van der Waals surface area contributed by atoms with Crippen molar-refractivity contribution in [3.05, 3.63) is 103 Å². The first-order valence-electron chi connectivity index (χ1n) is 11.1. The van der Waals surface area contributed by atoms with E-state index < -0.39 is 0 Å². The summed E-state index contributed by atoms with van der Waals surface area (Å²) in [5.41, 5.74) is 3.91. The average molecular weight is 465 g/mol. The third-order valence-electron chi connectivity index (χ3n) is 5.66. The third kappa shape index (κ3) is 4.45. The van der Waals surface area contributed by atoms with Crippen molar-refractivity contribution in [1.82, 2.24) is 14.8 Å². The molecular weight excluding hydrogens is 440 g/mol. The lowest BCUT2D eigenvalue weighted by Crippen LogP contribution is -2.23. The highest BCUT2D eigenvalue weighted by Crippen LogP contribution is 2.31. The van der Waals surface area contributed by atoms with Crippen molar-refractivity contribution >= 4 is 34.1 Å². The van der Waals surface area contributed by atoms with E-state index in [0.717, 1.165) is 33.5 Å². The second-order valence-electron chi connectivity index (χ2n) is 8.12. The van der Waals surface area contributed by atoms with Gasteiger partial charge in [-0.1, -0.05) is 96.2 Å². The first-order chi connectivity index (χ1) is 16.6. The smallest absolute Gasteiger partial charge is 0.237 e. The summed E-state index contributed by atoms with van der Waals surface area (Å²) in [4.78, 5) is 13.1. The summed E-state index contributed by atoms with van der Waals surface area (Å²) in [6.07, 6.45) is 0. The summed E-state index contributed by atoms with van der Waals surface area (Å²) in [5, 5.41) is 14.4. The van der Waals surface area contributed by atoms with Gasteiger partial charge in [0.15, 0.2) is 11.0 Å². The van der Waals surface area contributed by atoms with E-state index in [1.165, 1.54) is 17.3 Å². The Kier molecular flexibility index (Phi) is 6.14. The van der Waals surface area contributed by atoms with Crippen LogP contribution in [0.3, 0.4) is 0 Å². The number of amides is 1. The quantitative estimate of drug-likeness (QED) is 0.291. The largest absolute Gasteiger partial charge is 0.325 e. The number of fused-ring (bicyclic) bond motifs is 1. The Morgan fingerprint density at radius 2 is 1.56 bits per heavy atom. The van der Waals surface area contributed by atoms with Crippen LogP contribution in [0.5, 0.6) is 0 Å². The Hall–Kier alpha value is -3.90. The number of thioether (sulfide) groups is 1. The molecule has 0 aliphatic rings. The van der Waals surface area contributed by atoms with Gasteiger partial charge in [-0.05, 0) is 37.4 Å². The van der Waals surface area contributed by atoms with E-state index in [2.05, 4.69) is 34.6 Å². The molecule has 1 aromatic heterocycles. The van der Waals surface area contributed by atoms with Gasteiger partial charge in [-0.15, -0.1) is 10.2 Å². The summed E-state index contributed by atoms with van der Waals surface area (Å²) >= 11 is 1.39. The van der Waals surface area contributed by atoms with Crippen LogP contribution >= 0.6 is 11.8 Å². The van der Waals surface area contributed by atoms with Gasteiger partial charge in [-0.2, -0.15) is 0 Å². The van der Waals surface area contributed by atoms with Gasteiger partial charge >= 0.3 is 0 Å². The third-order valence-corrected chi connectivity index (χ3v) is 6.70. The standard InChI is InChI=1S/C28H24N4OS/c1-19-15-17-22(18-16-19)26-30-31-28(32(26)23-11-4-3-5-12-23)34-20(2)27(33)29-25-14-8-10-21-9-6-7-13-24(21)25/h3-18,20H,1-2H3,(H,29,33).